The van der Waals surface area contributed by atoms with Crippen molar-refractivity contribution in [1.82, 2.24) is 25.2 Å². The number of carbonyl (C=O) groups excluding carboxylic acids is 1. The highest BCUT2D eigenvalue weighted by atomic mass is 16.5. The SMILES string of the molecule is CCOC(=O)c1n[nH]nc1-c1ccnn1CC. The molecule has 0 saturated heterocycles. The van der Waals surface area contributed by atoms with Gasteiger partial charge in [-0.2, -0.15) is 15.4 Å². The van der Waals surface area contributed by atoms with E-state index in [0.29, 0.717) is 18.8 Å². The molecule has 2 heterocycles. The highest BCUT2D eigenvalue weighted by Gasteiger charge is 2.21. The monoisotopic (exact) mass is 235 g/mol. The number of nitrogens with zero attached hydrogens (tertiary/aromatic N) is 4. The topological polar surface area (TPSA) is 85.7 Å². The molecule has 90 valence electrons. The molecule has 2 aromatic rings. The molecule has 7 heteroatoms. The Bertz CT molecular complexity index is 516. The second-order valence-corrected chi connectivity index (χ2v) is 3.27. The summed E-state index contributed by atoms with van der Waals surface area (Å²) < 4.78 is 6.64. The number of aromatic amines is 1. The summed E-state index contributed by atoms with van der Waals surface area (Å²) in [6, 6.07) is 1.78. The molecule has 0 spiro atoms. The van der Waals surface area contributed by atoms with Crippen LogP contribution in [0.25, 0.3) is 11.4 Å². The van der Waals surface area contributed by atoms with Crippen LogP contribution in [-0.4, -0.2) is 37.8 Å². The van der Waals surface area contributed by atoms with Crippen LogP contribution in [0.2, 0.25) is 0 Å². The zero-order valence-electron chi connectivity index (χ0n) is 9.67. The summed E-state index contributed by atoms with van der Waals surface area (Å²) in [5.74, 6) is -0.486. The third-order valence-electron chi connectivity index (χ3n) is 2.28. The molecule has 0 amide bonds. The number of hydrogen-bond acceptors (Lipinski definition) is 5. The number of esters is 1. The van der Waals surface area contributed by atoms with Crippen LogP contribution in [0.5, 0.6) is 0 Å². The van der Waals surface area contributed by atoms with E-state index < -0.39 is 5.97 Å². The van der Waals surface area contributed by atoms with Crippen LogP contribution in [0.4, 0.5) is 0 Å². The summed E-state index contributed by atoms with van der Waals surface area (Å²) in [5, 5.41) is 14.3. The van der Waals surface area contributed by atoms with Crippen molar-refractivity contribution in [2.75, 3.05) is 6.61 Å². The molecule has 0 radical (unpaired) electrons. The van der Waals surface area contributed by atoms with Crippen molar-refractivity contribution >= 4 is 5.97 Å². The molecular formula is C10H13N5O2. The smallest absolute Gasteiger partial charge is 0.361 e. The number of hydrogen-bond donors (Lipinski definition) is 1. The van der Waals surface area contributed by atoms with Gasteiger partial charge in [-0.3, -0.25) is 4.68 Å². The number of carbonyl (C=O) groups is 1. The third-order valence-corrected chi connectivity index (χ3v) is 2.28. The lowest BCUT2D eigenvalue weighted by molar-refractivity contribution is 0.0520. The summed E-state index contributed by atoms with van der Waals surface area (Å²) in [6.07, 6.45) is 1.66. The van der Waals surface area contributed by atoms with Gasteiger partial charge in [0.05, 0.1) is 12.3 Å². The molecule has 0 aliphatic rings. The largest absolute Gasteiger partial charge is 0.461 e. The molecule has 0 unspecified atom stereocenters. The maximum Gasteiger partial charge on any atom is 0.361 e. The van der Waals surface area contributed by atoms with E-state index in [1.54, 1.807) is 23.9 Å². The van der Waals surface area contributed by atoms with E-state index in [-0.39, 0.29) is 5.69 Å². The van der Waals surface area contributed by atoms with Gasteiger partial charge in [0.2, 0.25) is 0 Å². The zero-order chi connectivity index (χ0) is 12.3. The normalized spacial score (nSPS) is 10.5. The first kappa shape index (κ1) is 11.3. The average Bonchev–Trinajstić information content (AvgIpc) is 2.97. The predicted octanol–water partition coefficient (Wildman–Crippen LogP) is 0.865. The number of ether oxygens (including phenoxy) is 1. The minimum atomic E-state index is -0.486. The molecule has 2 aromatic heterocycles. The van der Waals surface area contributed by atoms with Gasteiger partial charge in [0, 0.05) is 12.7 Å². The summed E-state index contributed by atoms with van der Waals surface area (Å²) in [4.78, 5) is 11.6. The van der Waals surface area contributed by atoms with Crippen molar-refractivity contribution in [3.63, 3.8) is 0 Å². The summed E-state index contributed by atoms with van der Waals surface area (Å²) >= 11 is 0. The first-order valence-electron chi connectivity index (χ1n) is 5.38. The van der Waals surface area contributed by atoms with Gasteiger partial charge in [0.25, 0.3) is 0 Å². The Morgan fingerprint density at radius 2 is 2.29 bits per heavy atom. The van der Waals surface area contributed by atoms with Gasteiger partial charge in [-0.1, -0.05) is 0 Å². The molecule has 0 fully saturated rings. The maximum atomic E-state index is 11.6. The number of aromatic nitrogens is 5. The molecule has 1 N–H and O–H groups in total. The molecule has 17 heavy (non-hydrogen) atoms. The Kier molecular flexibility index (Phi) is 3.17. The Morgan fingerprint density at radius 3 is 3.00 bits per heavy atom. The molecule has 0 saturated carbocycles. The van der Waals surface area contributed by atoms with Crippen LogP contribution in [0.1, 0.15) is 24.3 Å². The van der Waals surface area contributed by atoms with Gasteiger partial charge >= 0.3 is 5.97 Å². The fourth-order valence-electron chi connectivity index (χ4n) is 1.54. The van der Waals surface area contributed by atoms with Crippen molar-refractivity contribution in [2.45, 2.75) is 20.4 Å². The Balaban J connectivity index is 2.40. The fourth-order valence-corrected chi connectivity index (χ4v) is 1.54. The van der Waals surface area contributed by atoms with Crippen molar-refractivity contribution in [3.8, 4) is 11.4 Å². The summed E-state index contributed by atoms with van der Waals surface area (Å²) in [5.41, 5.74) is 1.38. The first-order chi connectivity index (χ1) is 8.27. The van der Waals surface area contributed by atoms with E-state index in [2.05, 4.69) is 20.5 Å². The van der Waals surface area contributed by atoms with Crippen LogP contribution >= 0.6 is 0 Å². The van der Waals surface area contributed by atoms with E-state index in [0.717, 1.165) is 5.69 Å². The summed E-state index contributed by atoms with van der Waals surface area (Å²) in [7, 11) is 0. The van der Waals surface area contributed by atoms with E-state index in [1.165, 1.54) is 0 Å². The number of nitrogens with one attached hydrogen (secondary N) is 1. The molecule has 0 bridgehead atoms. The van der Waals surface area contributed by atoms with Gasteiger partial charge in [-0.15, -0.1) is 5.10 Å². The molecule has 0 aliphatic heterocycles. The van der Waals surface area contributed by atoms with E-state index >= 15 is 0 Å². The van der Waals surface area contributed by atoms with Crippen molar-refractivity contribution in [1.29, 1.82) is 0 Å². The number of H-pyrrole nitrogens is 1. The maximum absolute atomic E-state index is 11.6. The third kappa shape index (κ3) is 2.03. The minimum absolute atomic E-state index is 0.182. The molecular weight excluding hydrogens is 222 g/mol. The van der Waals surface area contributed by atoms with Crippen LogP contribution in [0.15, 0.2) is 12.3 Å². The zero-order valence-corrected chi connectivity index (χ0v) is 9.67. The van der Waals surface area contributed by atoms with E-state index in [9.17, 15) is 4.79 Å². The highest BCUT2D eigenvalue weighted by Crippen LogP contribution is 2.19. The lowest BCUT2D eigenvalue weighted by Gasteiger charge is -2.03. The standard InChI is InChI=1S/C10H13N5O2/c1-3-15-7(5-6-11-15)8-9(13-14-12-8)10(16)17-4-2/h5-6H,3-4H2,1-2H3,(H,12,13,14). The van der Waals surface area contributed by atoms with Gasteiger partial charge in [0.15, 0.2) is 5.69 Å². The predicted molar refractivity (Wildman–Crippen MR) is 59.2 cm³/mol. The van der Waals surface area contributed by atoms with Gasteiger partial charge in [-0.05, 0) is 19.9 Å². The second kappa shape index (κ2) is 4.77. The first-order valence-corrected chi connectivity index (χ1v) is 5.38. The number of rotatable bonds is 4. The summed E-state index contributed by atoms with van der Waals surface area (Å²) in [6.45, 7) is 4.70. The quantitative estimate of drug-likeness (QED) is 0.794. The Morgan fingerprint density at radius 1 is 1.47 bits per heavy atom. The van der Waals surface area contributed by atoms with E-state index in [1.807, 2.05) is 6.92 Å². The van der Waals surface area contributed by atoms with Crippen molar-refractivity contribution in [2.24, 2.45) is 0 Å². The Labute approximate surface area is 97.8 Å². The molecule has 2 rings (SSSR count). The molecule has 0 aromatic carbocycles. The molecule has 7 nitrogen and oxygen atoms in total. The average molecular weight is 235 g/mol. The van der Waals surface area contributed by atoms with Crippen LogP contribution in [-0.2, 0) is 11.3 Å². The van der Waals surface area contributed by atoms with Crippen molar-refractivity contribution in [3.05, 3.63) is 18.0 Å². The van der Waals surface area contributed by atoms with Crippen molar-refractivity contribution < 1.29 is 9.53 Å². The highest BCUT2D eigenvalue weighted by molar-refractivity contribution is 5.93. The van der Waals surface area contributed by atoms with Gasteiger partial charge < -0.3 is 4.74 Å². The van der Waals surface area contributed by atoms with Gasteiger partial charge in [-0.25, -0.2) is 4.79 Å². The van der Waals surface area contributed by atoms with Crippen LogP contribution < -0.4 is 0 Å². The molecule has 0 aliphatic carbocycles. The van der Waals surface area contributed by atoms with Crippen LogP contribution in [0, 0.1) is 0 Å². The second-order valence-electron chi connectivity index (χ2n) is 3.27. The number of aryl methyl sites for hydroxylation is 1. The van der Waals surface area contributed by atoms with Crippen LogP contribution in [0.3, 0.4) is 0 Å². The van der Waals surface area contributed by atoms with Gasteiger partial charge in [0.1, 0.15) is 5.69 Å². The minimum Gasteiger partial charge on any atom is -0.461 e. The Hall–Kier alpha value is -2.18. The lowest BCUT2D eigenvalue weighted by Crippen LogP contribution is -2.08. The lowest BCUT2D eigenvalue weighted by atomic mass is 10.2. The molecule has 0 atom stereocenters. The fraction of sp³-hybridized carbons (Fsp3) is 0.400. The van der Waals surface area contributed by atoms with E-state index in [4.69, 9.17) is 4.74 Å².